The molecule has 0 amide bonds. The summed E-state index contributed by atoms with van der Waals surface area (Å²) in [5, 5.41) is 8.92. The van der Waals surface area contributed by atoms with Crippen LogP contribution in [0.25, 0.3) is 11.6 Å². The van der Waals surface area contributed by atoms with Crippen LogP contribution in [-0.4, -0.2) is 26.8 Å². The summed E-state index contributed by atoms with van der Waals surface area (Å²) >= 11 is 1.92. The van der Waals surface area contributed by atoms with E-state index >= 15 is 0 Å². The fraction of sp³-hybridized carbons (Fsp3) is 0.333. The third-order valence-corrected chi connectivity index (χ3v) is 5.39. The van der Waals surface area contributed by atoms with Crippen LogP contribution in [0.4, 0.5) is 0 Å². The van der Waals surface area contributed by atoms with Crippen LogP contribution >= 0.6 is 11.8 Å². The first-order valence-corrected chi connectivity index (χ1v) is 8.60. The van der Waals surface area contributed by atoms with Crippen molar-refractivity contribution < 1.29 is 9.90 Å². The second-order valence-electron chi connectivity index (χ2n) is 6.50. The van der Waals surface area contributed by atoms with E-state index in [2.05, 4.69) is 42.0 Å². The maximum Gasteiger partial charge on any atom is 0.371 e. The van der Waals surface area contributed by atoms with Gasteiger partial charge in [0, 0.05) is 11.1 Å². The minimum Gasteiger partial charge on any atom is -0.475 e. The number of aromatic nitrogens is 2. The lowest BCUT2D eigenvalue weighted by Gasteiger charge is -2.32. The number of nitrogens with one attached hydrogen (secondary N) is 1. The monoisotopic (exact) mass is 328 g/mol. The van der Waals surface area contributed by atoms with E-state index in [0.29, 0.717) is 5.69 Å². The van der Waals surface area contributed by atoms with Gasteiger partial charge in [-0.2, -0.15) is 0 Å². The van der Waals surface area contributed by atoms with E-state index < -0.39 is 5.97 Å². The third kappa shape index (κ3) is 3.20. The molecule has 1 aliphatic heterocycles. The SMILES string of the molecule is C/C(=C\c1c[nH]c(C(=O)O)n1)c1ccc2c(c1)C(C)(C)CCS2. The van der Waals surface area contributed by atoms with Gasteiger partial charge in [-0.3, -0.25) is 0 Å². The number of fused-ring (bicyclic) bond motifs is 1. The first-order valence-electron chi connectivity index (χ1n) is 7.61. The van der Waals surface area contributed by atoms with E-state index in [0.717, 1.165) is 11.1 Å². The molecule has 0 aliphatic carbocycles. The van der Waals surface area contributed by atoms with Crippen molar-refractivity contribution in [1.29, 1.82) is 0 Å². The van der Waals surface area contributed by atoms with Crippen LogP contribution in [0.2, 0.25) is 0 Å². The van der Waals surface area contributed by atoms with E-state index in [1.807, 2.05) is 24.8 Å². The predicted octanol–water partition coefficient (Wildman–Crippen LogP) is 4.44. The molecule has 0 saturated heterocycles. The van der Waals surface area contributed by atoms with Crippen LogP contribution in [0.1, 0.15) is 54.6 Å². The summed E-state index contributed by atoms with van der Waals surface area (Å²) in [6.45, 7) is 6.61. The fourth-order valence-electron chi connectivity index (χ4n) is 2.81. The number of nitrogens with zero attached hydrogens (tertiary/aromatic N) is 1. The normalized spacial score (nSPS) is 16.9. The number of carboxylic acid groups (broad SMARTS) is 1. The molecule has 2 heterocycles. The van der Waals surface area contributed by atoms with Crippen LogP contribution in [0.3, 0.4) is 0 Å². The Morgan fingerprint density at radius 3 is 2.91 bits per heavy atom. The quantitative estimate of drug-likeness (QED) is 0.874. The number of rotatable bonds is 3. The highest BCUT2D eigenvalue weighted by molar-refractivity contribution is 7.99. The van der Waals surface area contributed by atoms with Crippen molar-refractivity contribution in [3.63, 3.8) is 0 Å². The summed E-state index contributed by atoms with van der Waals surface area (Å²) in [7, 11) is 0. The minimum absolute atomic E-state index is 0.0352. The van der Waals surface area contributed by atoms with Gasteiger partial charge in [-0.25, -0.2) is 9.78 Å². The number of imidazole rings is 1. The van der Waals surface area contributed by atoms with Crippen molar-refractivity contribution in [1.82, 2.24) is 9.97 Å². The molecule has 1 aromatic carbocycles. The van der Waals surface area contributed by atoms with E-state index in [1.54, 1.807) is 6.20 Å². The summed E-state index contributed by atoms with van der Waals surface area (Å²) in [4.78, 5) is 19.0. The molecule has 0 atom stereocenters. The lowest BCUT2D eigenvalue weighted by Crippen LogP contribution is -2.22. The Hall–Kier alpha value is -2.01. The fourth-order valence-corrected chi connectivity index (χ4v) is 4.29. The van der Waals surface area contributed by atoms with E-state index in [-0.39, 0.29) is 11.2 Å². The second kappa shape index (κ2) is 5.89. The van der Waals surface area contributed by atoms with Crippen molar-refractivity contribution >= 4 is 29.4 Å². The number of carbonyl (C=O) groups is 1. The largest absolute Gasteiger partial charge is 0.475 e. The van der Waals surface area contributed by atoms with Crippen LogP contribution in [0.5, 0.6) is 0 Å². The number of carboxylic acids is 1. The van der Waals surface area contributed by atoms with E-state index in [9.17, 15) is 4.79 Å². The topological polar surface area (TPSA) is 66.0 Å². The van der Waals surface area contributed by atoms with Crippen LogP contribution in [-0.2, 0) is 5.41 Å². The molecule has 2 N–H and O–H groups in total. The Bertz CT molecular complexity index is 790. The molecule has 0 unspecified atom stereocenters. The smallest absolute Gasteiger partial charge is 0.371 e. The van der Waals surface area contributed by atoms with E-state index in [4.69, 9.17) is 5.11 Å². The lowest BCUT2D eigenvalue weighted by molar-refractivity contribution is 0.0684. The van der Waals surface area contributed by atoms with Gasteiger partial charge in [0.25, 0.3) is 0 Å². The zero-order valence-corrected chi connectivity index (χ0v) is 14.3. The predicted molar refractivity (Wildman–Crippen MR) is 93.9 cm³/mol. The van der Waals surface area contributed by atoms with Crippen molar-refractivity contribution in [2.75, 3.05) is 5.75 Å². The number of hydrogen-bond donors (Lipinski definition) is 2. The summed E-state index contributed by atoms with van der Waals surface area (Å²) in [5.74, 6) is 0.0845. The molecule has 0 saturated carbocycles. The van der Waals surface area contributed by atoms with Crippen LogP contribution < -0.4 is 0 Å². The first kappa shape index (κ1) is 15.9. The van der Waals surface area contributed by atoms with Gasteiger partial charge in [-0.15, -0.1) is 11.8 Å². The van der Waals surface area contributed by atoms with Crippen molar-refractivity contribution in [3.8, 4) is 0 Å². The average Bonchev–Trinajstić information content (AvgIpc) is 2.95. The summed E-state index contributed by atoms with van der Waals surface area (Å²) in [6.07, 6.45) is 4.71. The first-order chi connectivity index (χ1) is 10.9. The number of aromatic amines is 1. The zero-order valence-electron chi connectivity index (χ0n) is 13.5. The highest BCUT2D eigenvalue weighted by atomic mass is 32.2. The maximum atomic E-state index is 10.9. The van der Waals surface area contributed by atoms with Gasteiger partial charge in [-0.05, 0) is 59.4 Å². The molecular formula is C18H20N2O2S. The molecule has 2 aromatic rings. The van der Waals surface area contributed by atoms with Crippen molar-refractivity contribution in [2.45, 2.75) is 37.5 Å². The molecule has 4 nitrogen and oxygen atoms in total. The van der Waals surface area contributed by atoms with Gasteiger partial charge in [0.05, 0.1) is 5.69 Å². The van der Waals surface area contributed by atoms with E-state index in [1.165, 1.54) is 22.6 Å². The number of allylic oxidation sites excluding steroid dienone is 1. The average molecular weight is 328 g/mol. The Morgan fingerprint density at radius 2 is 2.22 bits per heavy atom. The molecular weight excluding hydrogens is 308 g/mol. The van der Waals surface area contributed by atoms with Gasteiger partial charge >= 0.3 is 5.97 Å². The van der Waals surface area contributed by atoms with Gasteiger partial charge in [-0.1, -0.05) is 19.9 Å². The summed E-state index contributed by atoms with van der Waals surface area (Å²) in [6, 6.07) is 6.59. The molecule has 5 heteroatoms. The third-order valence-electron chi connectivity index (χ3n) is 4.31. The molecule has 0 spiro atoms. The van der Waals surface area contributed by atoms with Gasteiger partial charge in [0.2, 0.25) is 5.82 Å². The molecule has 0 bridgehead atoms. The molecule has 0 fully saturated rings. The Kier molecular flexibility index (Phi) is 4.06. The molecule has 1 aliphatic rings. The number of hydrogen-bond acceptors (Lipinski definition) is 3. The minimum atomic E-state index is -1.05. The molecule has 23 heavy (non-hydrogen) atoms. The van der Waals surface area contributed by atoms with Crippen LogP contribution in [0.15, 0.2) is 29.3 Å². The highest BCUT2D eigenvalue weighted by Crippen LogP contribution is 2.42. The number of thioether (sulfide) groups is 1. The second-order valence-corrected chi connectivity index (χ2v) is 7.64. The van der Waals surface area contributed by atoms with Crippen LogP contribution in [0, 0.1) is 0 Å². The molecule has 3 rings (SSSR count). The number of aromatic carboxylic acids is 1. The Morgan fingerprint density at radius 1 is 1.43 bits per heavy atom. The van der Waals surface area contributed by atoms with Gasteiger partial charge < -0.3 is 10.1 Å². The zero-order chi connectivity index (χ0) is 16.6. The summed E-state index contributed by atoms with van der Waals surface area (Å²) in [5.41, 5.74) is 4.44. The molecule has 120 valence electrons. The Balaban J connectivity index is 1.94. The molecule has 1 aromatic heterocycles. The maximum absolute atomic E-state index is 10.9. The number of H-pyrrole nitrogens is 1. The number of benzene rings is 1. The Labute approximate surface area is 140 Å². The molecule has 0 radical (unpaired) electrons. The highest BCUT2D eigenvalue weighted by Gasteiger charge is 2.27. The standard InChI is InChI=1S/C18H20N2O2S/c1-11(8-13-10-19-16(20-13)17(21)22)12-4-5-15-14(9-12)18(2,3)6-7-23-15/h4-5,8-10H,6-7H2,1-3H3,(H,19,20)(H,21,22)/b11-8+. The summed E-state index contributed by atoms with van der Waals surface area (Å²) < 4.78 is 0. The van der Waals surface area contributed by atoms with Gasteiger partial charge in [0.15, 0.2) is 0 Å². The van der Waals surface area contributed by atoms with Crippen molar-refractivity contribution in [3.05, 3.63) is 47.0 Å². The lowest BCUT2D eigenvalue weighted by atomic mass is 9.80. The van der Waals surface area contributed by atoms with Gasteiger partial charge in [0.1, 0.15) is 0 Å². The van der Waals surface area contributed by atoms with Crippen molar-refractivity contribution in [2.24, 2.45) is 0 Å².